The molecule has 0 unspecified atom stereocenters. The van der Waals surface area contributed by atoms with E-state index in [4.69, 9.17) is 11.1 Å². The highest BCUT2D eigenvalue weighted by Gasteiger charge is 1.93. The van der Waals surface area contributed by atoms with Crippen molar-refractivity contribution >= 4 is 11.7 Å². The standard InChI is InChI=1S/C4H10N4/c1-7-4(8-2)3(5)6/h1-2H3,(H3,5,6)(H,7,8). The van der Waals surface area contributed by atoms with Crippen molar-refractivity contribution in [2.45, 2.75) is 0 Å². The predicted molar refractivity (Wildman–Crippen MR) is 34.3 cm³/mol. The fraction of sp³-hybridized carbons (Fsp3) is 0.500. The molecule has 4 heteroatoms. The maximum atomic E-state index is 6.84. The molecule has 0 aliphatic carbocycles. The van der Waals surface area contributed by atoms with Crippen molar-refractivity contribution in [2.75, 3.05) is 14.1 Å². The fourth-order valence-corrected chi connectivity index (χ4v) is 0.367. The third-order valence-electron chi connectivity index (χ3n) is 0.716. The van der Waals surface area contributed by atoms with E-state index in [0.29, 0.717) is 5.84 Å². The van der Waals surface area contributed by atoms with Crippen LogP contribution in [0.25, 0.3) is 0 Å². The summed E-state index contributed by atoms with van der Waals surface area (Å²) in [5.41, 5.74) is 5.05. The Hall–Kier alpha value is -1.06. The molecule has 0 heterocycles. The van der Waals surface area contributed by atoms with Crippen LogP contribution in [0.3, 0.4) is 0 Å². The molecular formula is C4H10N4. The van der Waals surface area contributed by atoms with E-state index in [1.807, 2.05) is 0 Å². The van der Waals surface area contributed by atoms with Gasteiger partial charge in [-0.15, -0.1) is 0 Å². The highest BCUT2D eigenvalue weighted by Crippen LogP contribution is 1.64. The molecular weight excluding hydrogens is 104 g/mol. The van der Waals surface area contributed by atoms with Crippen molar-refractivity contribution in [3.8, 4) is 0 Å². The normalized spacial score (nSPS) is 11.0. The van der Waals surface area contributed by atoms with Crippen molar-refractivity contribution in [3.05, 3.63) is 0 Å². The predicted octanol–water partition coefficient (Wildman–Crippen LogP) is -0.830. The van der Waals surface area contributed by atoms with Gasteiger partial charge in [0.2, 0.25) is 0 Å². The van der Waals surface area contributed by atoms with Gasteiger partial charge in [0.05, 0.1) is 0 Å². The number of aliphatic imine (C=N–C) groups is 1. The van der Waals surface area contributed by atoms with Crippen LogP contribution in [-0.4, -0.2) is 25.8 Å². The molecule has 0 amide bonds. The quantitative estimate of drug-likeness (QED) is 0.284. The van der Waals surface area contributed by atoms with Gasteiger partial charge in [-0.3, -0.25) is 10.4 Å². The van der Waals surface area contributed by atoms with Crippen LogP contribution in [0.4, 0.5) is 0 Å². The van der Waals surface area contributed by atoms with Crippen LogP contribution in [0.15, 0.2) is 4.99 Å². The zero-order valence-electron chi connectivity index (χ0n) is 5.02. The van der Waals surface area contributed by atoms with Crippen LogP contribution in [0.5, 0.6) is 0 Å². The summed E-state index contributed by atoms with van der Waals surface area (Å²) in [6.07, 6.45) is 0. The van der Waals surface area contributed by atoms with E-state index in [9.17, 15) is 0 Å². The number of hydrogen-bond donors (Lipinski definition) is 3. The minimum absolute atomic E-state index is 0.0324. The largest absolute Gasteiger partial charge is 0.381 e. The van der Waals surface area contributed by atoms with E-state index >= 15 is 0 Å². The number of likely N-dealkylation sites (N-methyl/N-ethyl adjacent to an activating group) is 1. The Morgan fingerprint density at radius 3 is 2.25 bits per heavy atom. The first-order chi connectivity index (χ1) is 3.72. The van der Waals surface area contributed by atoms with Gasteiger partial charge in [0.25, 0.3) is 0 Å². The lowest BCUT2D eigenvalue weighted by molar-refractivity contribution is 1.16. The summed E-state index contributed by atoms with van der Waals surface area (Å²) in [7, 11) is 3.25. The third kappa shape index (κ3) is 1.59. The lowest BCUT2D eigenvalue weighted by atomic mass is 10.5. The Morgan fingerprint density at radius 1 is 1.75 bits per heavy atom. The number of nitrogens with one attached hydrogen (secondary N) is 2. The Labute approximate surface area is 48.3 Å². The molecule has 0 fully saturated rings. The first kappa shape index (κ1) is 6.94. The second kappa shape index (κ2) is 3.01. The topological polar surface area (TPSA) is 74.3 Å². The van der Waals surface area contributed by atoms with Crippen molar-refractivity contribution in [1.29, 1.82) is 5.41 Å². The van der Waals surface area contributed by atoms with E-state index in [2.05, 4.69) is 10.3 Å². The highest BCUT2D eigenvalue weighted by atomic mass is 15.0. The van der Waals surface area contributed by atoms with Crippen molar-refractivity contribution in [1.82, 2.24) is 5.32 Å². The Balaban J connectivity index is 3.92. The molecule has 0 aromatic rings. The summed E-state index contributed by atoms with van der Waals surface area (Å²) < 4.78 is 0. The monoisotopic (exact) mass is 114 g/mol. The number of hydrogen-bond acceptors (Lipinski definition) is 2. The van der Waals surface area contributed by atoms with Gasteiger partial charge < -0.3 is 11.1 Å². The minimum Gasteiger partial charge on any atom is -0.381 e. The summed E-state index contributed by atoms with van der Waals surface area (Å²) in [4.78, 5) is 3.66. The van der Waals surface area contributed by atoms with E-state index in [0.717, 1.165) is 0 Å². The van der Waals surface area contributed by atoms with Gasteiger partial charge in [0.15, 0.2) is 11.7 Å². The third-order valence-corrected chi connectivity index (χ3v) is 0.716. The molecule has 0 aliphatic heterocycles. The lowest BCUT2D eigenvalue weighted by Gasteiger charge is -1.98. The first-order valence-corrected chi connectivity index (χ1v) is 2.21. The SMILES string of the molecule is CN=C(NC)C(=N)N. The average molecular weight is 114 g/mol. The van der Waals surface area contributed by atoms with Crippen LogP contribution < -0.4 is 11.1 Å². The number of amidine groups is 2. The van der Waals surface area contributed by atoms with Crippen LogP contribution in [0.1, 0.15) is 0 Å². The van der Waals surface area contributed by atoms with Crippen molar-refractivity contribution in [3.63, 3.8) is 0 Å². The summed E-state index contributed by atoms with van der Waals surface area (Å²) in [5.74, 6) is 0.389. The molecule has 0 saturated carbocycles. The maximum absolute atomic E-state index is 6.84. The molecule has 46 valence electrons. The Kier molecular flexibility index (Phi) is 2.61. The van der Waals surface area contributed by atoms with Gasteiger partial charge in [-0.05, 0) is 0 Å². The summed E-state index contributed by atoms with van der Waals surface area (Å²) in [6.45, 7) is 0. The van der Waals surface area contributed by atoms with Crippen LogP contribution in [0.2, 0.25) is 0 Å². The zero-order valence-corrected chi connectivity index (χ0v) is 5.02. The molecule has 0 radical (unpaired) electrons. The minimum atomic E-state index is -0.0324. The number of rotatable bonds is 0. The smallest absolute Gasteiger partial charge is 0.163 e. The molecule has 4 nitrogen and oxygen atoms in total. The zero-order chi connectivity index (χ0) is 6.57. The summed E-state index contributed by atoms with van der Waals surface area (Å²) in [5, 5.41) is 9.49. The van der Waals surface area contributed by atoms with Crippen LogP contribution in [0, 0.1) is 5.41 Å². The number of nitrogens with zero attached hydrogens (tertiary/aromatic N) is 1. The van der Waals surface area contributed by atoms with Gasteiger partial charge >= 0.3 is 0 Å². The highest BCUT2D eigenvalue weighted by molar-refractivity contribution is 6.38. The molecule has 0 aromatic carbocycles. The molecule has 0 rings (SSSR count). The molecule has 0 spiro atoms. The Morgan fingerprint density at radius 2 is 2.25 bits per heavy atom. The van der Waals surface area contributed by atoms with Crippen LogP contribution in [-0.2, 0) is 0 Å². The second-order valence-corrected chi connectivity index (χ2v) is 1.24. The van der Waals surface area contributed by atoms with Gasteiger partial charge in [-0.25, -0.2) is 0 Å². The maximum Gasteiger partial charge on any atom is 0.163 e. The summed E-state index contributed by atoms with van der Waals surface area (Å²) >= 11 is 0. The summed E-state index contributed by atoms with van der Waals surface area (Å²) in [6, 6.07) is 0. The molecule has 8 heavy (non-hydrogen) atoms. The van der Waals surface area contributed by atoms with Crippen molar-refractivity contribution < 1.29 is 0 Å². The van der Waals surface area contributed by atoms with Crippen LogP contribution >= 0.6 is 0 Å². The molecule has 4 N–H and O–H groups in total. The Bertz CT molecular complexity index is 115. The van der Waals surface area contributed by atoms with Crippen molar-refractivity contribution in [2.24, 2.45) is 10.7 Å². The van der Waals surface area contributed by atoms with E-state index in [-0.39, 0.29) is 5.84 Å². The van der Waals surface area contributed by atoms with E-state index in [1.54, 1.807) is 14.1 Å². The van der Waals surface area contributed by atoms with E-state index < -0.39 is 0 Å². The van der Waals surface area contributed by atoms with Gasteiger partial charge in [0.1, 0.15) is 0 Å². The first-order valence-electron chi connectivity index (χ1n) is 2.21. The molecule has 0 saturated heterocycles. The second-order valence-electron chi connectivity index (χ2n) is 1.24. The molecule has 0 aliphatic rings. The molecule has 0 atom stereocenters. The average Bonchev–Trinajstić information content (AvgIpc) is 1.69. The number of nitrogens with two attached hydrogens (primary N) is 1. The van der Waals surface area contributed by atoms with Gasteiger partial charge in [-0.2, -0.15) is 0 Å². The van der Waals surface area contributed by atoms with E-state index in [1.165, 1.54) is 0 Å². The van der Waals surface area contributed by atoms with Gasteiger partial charge in [0, 0.05) is 14.1 Å². The molecule has 0 bridgehead atoms. The lowest BCUT2D eigenvalue weighted by Crippen LogP contribution is -2.33. The molecule has 0 aromatic heterocycles. The van der Waals surface area contributed by atoms with Gasteiger partial charge in [-0.1, -0.05) is 0 Å². The fourth-order valence-electron chi connectivity index (χ4n) is 0.367.